The average Bonchev–Trinajstić information content (AvgIpc) is 2.02. The van der Waals surface area contributed by atoms with E-state index >= 15 is 0 Å². The van der Waals surface area contributed by atoms with Gasteiger partial charge >= 0.3 is 6.18 Å². The monoisotopic (exact) mass is 196 g/mol. The molecule has 0 aromatic heterocycles. The maximum absolute atomic E-state index is 11.8. The summed E-state index contributed by atoms with van der Waals surface area (Å²) in [6, 6.07) is 0. The zero-order chi connectivity index (χ0) is 10.3. The average molecular weight is 196 g/mol. The van der Waals surface area contributed by atoms with Gasteiger partial charge in [-0.2, -0.15) is 13.2 Å². The van der Waals surface area contributed by atoms with E-state index in [0.29, 0.717) is 12.8 Å². The number of unbranched alkanes of at least 4 members (excludes halogenated alkanes) is 3. The van der Waals surface area contributed by atoms with E-state index in [1.54, 1.807) is 6.08 Å². The van der Waals surface area contributed by atoms with Crippen molar-refractivity contribution in [3.8, 4) is 0 Å². The van der Waals surface area contributed by atoms with Crippen LogP contribution in [0.15, 0.2) is 12.7 Å². The molecule has 0 aliphatic heterocycles. The number of hydrogen-bond donors (Lipinski definition) is 1. The summed E-state index contributed by atoms with van der Waals surface area (Å²) in [5.74, 6) is 0. The molecular weight excluding hydrogens is 181 g/mol. The van der Waals surface area contributed by atoms with Crippen LogP contribution in [0, 0.1) is 0 Å². The molecule has 0 unspecified atom stereocenters. The van der Waals surface area contributed by atoms with Crippen molar-refractivity contribution in [1.82, 2.24) is 0 Å². The Morgan fingerprint density at radius 1 is 1.23 bits per heavy atom. The first-order valence-electron chi connectivity index (χ1n) is 4.34. The van der Waals surface area contributed by atoms with Crippen molar-refractivity contribution in [2.45, 2.75) is 44.4 Å². The third kappa shape index (κ3) is 6.63. The van der Waals surface area contributed by atoms with Crippen molar-refractivity contribution in [2.75, 3.05) is 0 Å². The fourth-order valence-corrected chi connectivity index (χ4v) is 0.967. The first-order chi connectivity index (χ1) is 5.98. The molecule has 0 aliphatic carbocycles. The van der Waals surface area contributed by atoms with Crippen LogP contribution in [0.1, 0.15) is 32.1 Å². The predicted molar refractivity (Wildman–Crippen MR) is 45.3 cm³/mol. The van der Waals surface area contributed by atoms with Crippen molar-refractivity contribution in [1.29, 1.82) is 0 Å². The van der Waals surface area contributed by atoms with E-state index in [1.807, 2.05) is 0 Å². The molecule has 4 heteroatoms. The topological polar surface area (TPSA) is 20.2 Å². The molecule has 0 aromatic rings. The number of aliphatic hydroxyl groups excluding tert-OH is 1. The highest BCUT2D eigenvalue weighted by Gasteiger charge is 2.37. The van der Waals surface area contributed by atoms with Crippen LogP contribution in [-0.2, 0) is 0 Å². The molecule has 0 fully saturated rings. The number of aliphatic hydroxyl groups is 1. The fraction of sp³-hybridized carbons (Fsp3) is 0.778. The van der Waals surface area contributed by atoms with Gasteiger partial charge < -0.3 is 5.11 Å². The van der Waals surface area contributed by atoms with Gasteiger partial charge in [-0.15, -0.1) is 6.58 Å². The molecule has 1 N–H and O–H groups in total. The van der Waals surface area contributed by atoms with E-state index in [4.69, 9.17) is 5.11 Å². The van der Waals surface area contributed by atoms with E-state index in [-0.39, 0.29) is 6.42 Å². The Morgan fingerprint density at radius 3 is 2.31 bits per heavy atom. The maximum Gasteiger partial charge on any atom is 0.414 e. The van der Waals surface area contributed by atoms with E-state index < -0.39 is 12.3 Å². The highest BCUT2D eigenvalue weighted by atomic mass is 19.4. The van der Waals surface area contributed by atoms with Crippen LogP contribution < -0.4 is 0 Å². The van der Waals surface area contributed by atoms with Crippen molar-refractivity contribution in [2.24, 2.45) is 0 Å². The third-order valence-electron chi connectivity index (χ3n) is 1.76. The predicted octanol–water partition coefficient (Wildman–Crippen LogP) is 3.05. The number of hydrogen-bond acceptors (Lipinski definition) is 1. The molecule has 78 valence electrons. The summed E-state index contributed by atoms with van der Waals surface area (Å²) >= 11 is 0. The lowest BCUT2D eigenvalue weighted by Crippen LogP contribution is -2.28. The van der Waals surface area contributed by atoms with Crippen LogP contribution in [-0.4, -0.2) is 17.4 Å². The van der Waals surface area contributed by atoms with Gasteiger partial charge in [0.2, 0.25) is 0 Å². The highest BCUT2D eigenvalue weighted by molar-refractivity contribution is 4.67. The molecule has 1 atom stereocenters. The lowest BCUT2D eigenvalue weighted by Gasteiger charge is -2.13. The Balaban J connectivity index is 3.37. The Morgan fingerprint density at radius 2 is 1.85 bits per heavy atom. The van der Waals surface area contributed by atoms with Crippen molar-refractivity contribution in [3.05, 3.63) is 12.7 Å². The summed E-state index contributed by atoms with van der Waals surface area (Å²) in [7, 11) is 0. The SMILES string of the molecule is C=CCCCCC[C@@H](O)C(F)(F)F. The molecule has 0 rings (SSSR count). The molecule has 1 nitrogen and oxygen atoms in total. The van der Waals surface area contributed by atoms with Crippen LogP contribution in [0.3, 0.4) is 0 Å². The van der Waals surface area contributed by atoms with Crippen molar-refractivity contribution in [3.63, 3.8) is 0 Å². The molecule has 0 bridgehead atoms. The summed E-state index contributed by atoms with van der Waals surface area (Å²) in [4.78, 5) is 0. The molecule has 0 spiro atoms. The Labute approximate surface area is 76.3 Å². The second kappa shape index (κ2) is 6.02. The number of rotatable bonds is 6. The minimum absolute atomic E-state index is 0.194. The van der Waals surface area contributed by atoms with Gasteiger partial charge in [-0.25, -0.2) is 0 Å². The van der Waals surface area contributed by atoms with Gasteiger partial charge in [0.1, 0.15) is 6.10 Å². The smallest absolute Gasteiger partial charge is 0.384 e. The minimum Gasteiger partial charge on any atom is -0.384 e. The lowest BCUT2D eigenvalue weighted by molar-refractivity contribution is -0.205. The lowest BCUT2D eigenvalue weighted by atomic mass is 10.1. The van der Waals surface area contributed by atoms with Crippen LogP contribution >= 0.6 is 0 Å². The van der Waals surface area contributed by atoms with Crippen molar-refractivity contribution >= 4 is 0 Å². The Kier molecular flexibility index (Phi) is 5.79. The van der Waals surface area contributed by atoms with Crippen LogP contribution in [0.25, 0.3) is 0 Å². The summed E-state index contributed by atoms with van der Waals surface area (Å²) in [5, 5.41) is 8.60. The molecular formula is C9H15F3O. The summed E-state index contributed by atoms with van der Waals surface area (Å²) in [5.41, 5.74) is 0. The maximum atomic E-state index is 11.8. The Hall–Kier alpha value is -0.510. The normalized spacial score (nSPS) is 14.2. The molecule has 0 aromatic carbocycles. The van der Waals surface area contributed by atoms with Crippen LogP contribution in [0.4, 0.5) is 13.2 Å². The zero-order valence-corrected chi connectivity index (χ0v) is 7.48. The number of halogens is 3. The minimum atomic E-state index is -4.46. The third-order valence-corrected chi connectivity index (χ3v) is 1.76. The molecule has 0 saturated heterocycles. The van der Waals surface area contributed by atoms with Crippen LogP contribution in [0.5, 0.6) is 0 Å². The molecule has 0 radical (unpaired) electrons. The fourth-order valence-electron chi connectivity index (χ4n) is 0.967. The van der Waals surface area contributed by atoms with Gasteiger partial charge in [0, 0.05) is 0 Å². The van der Waals surface area contributed by atoms with E-state index in [2.05, 4.69) is 6.58 Å². The van der Waals surface area contributed by atoms with Gasteiger partial charge in [0.05, 0.1) is 0 Å². The van der Waals surface area contributed by atoms with Gasteiger partial charge in [-0.3, -0.25) is 0 Å². The number of allylic oxidation sites excluding steroid dienone is 1. The highest BCUT2D eigenvalue weighted by Crippen LogP contribution is 2.23. The van der Waals surface area contributed by atoms with E-state index in [0.717, 1.165) is 12.8 Å². The standard InChI is InChI=1S/C9H15F3O/c1-2-3-4-5-6-7-8(13)9(10,11)12/h2,8,13H,1,3-7H2/t8-/m1/s1. The zero-order valence-electron chi connectivity index (χ0n) is 7.48. The molecule has 0 heterocycles. The molecule has 0 saturated carbocycles. The quantitative estimate of drug-likeness (QED) is 0.511. The van der Waals surface area contributed by atoms with Gasteiger partial charge in [-0.05, 0) is 19.3 Å². The summed E-state index contributed by atoms with van der Waals surface area (Å²) in [6.45, 7) is 3.50. The van der Waals surface area contributed by atoms with E-state index in [9.17, 15) is 13.2 Å². The molecule has 13 heavy (non-hydrogen) atoms. The van der Waals surface area contributed by atoms with Gasteiger partial charge in [-0.1, -0.05) is 18.9 Å². The van der Waals surface area contributed by atoms with Gasteiger partial charge in [0.15, 0.2) is 0 Å². The largest absolute Gasteiger partial charge is 0.414 e. The Bertz CT molecular complexity index is 142. The first-order valence-corrected chi connectivity index (χ1v) is 4.34. The first kappa shape index (κ1) is 12.5. The van der Waals surface area contributed by atoms with Gasteiger partial charge in [0.25, 0.3) is 0 Å². The van der Waals surface area contributed by atoms with E-state index in [1.165, 1.54) is 0 Å². The molecule has 0 amide bonds. The summed E-state index contributed by atoms with van der Waals surface area (Å²) in [6.07, 6.45) is -2.29. The molecule has 0 aliphatic rings. The second-order valence-corrected chi connectivity index (χ2v) is 2.98. The van der Waals surface area contributed by atoms with Crippen LogP contribution in [0.2, 0.25) is 0 Å². The van der Waals surface area contributed by atoms with Crippen molar-refractivity contribution < 1.29 is 18.3 Å². The second-order valence-electron chi connectivity index (χ2n) is 2.98. The summed E-state index contributed by atoms with van der Waals surface area (Å²) < 4.78 is 35.3. The number of alkyl halides is 3.